The van der Waals surface area contributed by atoms with Crippen LogP contribution in [0.2, 0.25) is 0 Å². The second-order valence-electron chi connectivity index (χ2n) is 18.2. The van der Waals surface area contributed by atoms with Crippen LogP contribution >= 0.6 is 0 Å². The predicted octanol–water partition coefficient (Wildman–Crippen LogP) is 3.88. The van der Waals surface area contributed by atoms with Gasteiger partial charge in [0.2, 0.25) is 27.6 Å². The number of carbonyl (C=O) groups excluding carboxylic acids is 5. The van der Waals surface area contributed by atoms with Crippen molar-refractivity contribution in [2.75, 3.05) is 19.6 Å². The molecule has 4 N–H and O–H groups in total. The van der Waals surface area contributed by atoms with Crippen molar-refractivity contribution in [1.29, 1.82) is 0 Å². The first-order valence-corrected chi connectivity index (χ1v) is 21.6. The van der Waals surface area contributed by atoms with E-state index in [0.717, 1.165) is 56.9 Å². The van der Waals surface area contributed by atoms with Crippen LogP contribution in [0.5, 0.6) is 0 Å². The van der Waals surface area contributed by atoms with Crippen molar-refractivity contribution in [2.45, 2.75) is 128 Å². The number of hydrogen-bond acceptors (Lipinski definition) is 7. The number of nitrogens with one attached hydrogen (secondary N) is 4. The Morgan fingerprint density at radius 3 is 2.27 bits per heavy atom. The molecule has 55 heavy (non-hydrogen) atoms. The van der Waals surface area contributed by atoms with E-state index in [1.165, 1.54) is 10.4 Å². The van der Waals surface area contributed by atoms with Gasteiger partial charge < -0.3 is 26.2 Å². The highest BCUT2D eigenvalue weighted by molar-refractivity contribution is 7.89. The maximum absolute atomic E-state index is 14.7. The minimum absolute atomic E-state index is 0.0560. The Morgan fingerprint density at radius 1 is 0.964 bits per heavy atom. The van der Waals surface area contributed by atoms with Gasteiger partial charge in [0.15, 0.2) is 0 Å². The van der Waals surface area contributed by atoms with Gasteiger partial charge in [-0.2, -0.15) is 4.31 Å². The van der Waals surface area contributed by atoms with Gasteiger partial charge in [-0.3, -0.25) is 19.2 Å². The van der Waals surface area contributed by atoms with Crippen LogP contribution in [0, 0.1) is 34.5 Å². The van der Waals surface area contributed by atoms with Gasteiger partial charge in [-0.15, -0.1) is 6.58 Å². The summed E-state index contributed by atoms with van der Waals surface area (Å²) in [5, 5.41) is 11.5. The summed E-state index contributed by atoms with van der Waals surface area (Å²) in [4.78, 5) is 70.9. The molecule has 1 aromatic rings. The second-order valence-corrected chi connectivity index (χ2v) is 20.1. The fourth-order valence-corrected chi connectivity index (χ4v) is 11.1. The van der Waals surface area contributed by atoms with Crippen LogP contribution in [0.15, 0.2) is 41.8 Å². The number of likely N-dealkylation sites (tertiary alicyclic amines) is 1. The molecule has 302 valence electrons. The number of nitrogens with zero attached hydrogens (tertiary/aromatic N) is 2. The van der Waals surface area contributed by atoms with Gasteiger partial charge in [0, 0.05) is 32.2 Å². The monoisotopic (exact) mass is 780 g/mol. The average Bonchev–Trinajstić information content (AvgIpc) is 3.37. The number of fused-ring (bicyclic) bond motifs is 2. The van der Waals surface area contributed by atoms with E-state index in [9.17, 15) is 32.4 Å². The molecule has 2 aliphatic heterocycles. The Balaban J connectivity index is 1.19. The zero-order valence-electron chi connectivity index (χ0n) is 33.1. The SMILES string of the molecule is C=CCNC(=O)C(=O)C(CC1CCC1)NC(=O)C1[C@@H]2[C@H](CN1C(=O)[C@@H](NC(=O)N[C@H](CN1Cc3ccccc3S1(=O)=O)C1CCCCC1)C(C)(C)C)C2(C)C. The van der Waals surface area contributed by atoms with E-state index in [2.05, 4.69) is 41.7 Å². The molecular formula is C41H60N6O7S. The van der Waals surface area contributed by atoms with Gasteiger partial charge >= 0.3 is 6.03 Å². The lowest BCUT2D eigenvalue weighted by Gasteiger charge is -2.39. The van der Waals surface area contributed by atoms with E-state index in [4.69, 9.17) is 0 Å². The van der Waals surface area contributed by atoms with Gasteiger partial charge in [-0.25, -0.2) is 13.2 Å². The zero-order valence-corrected chi connectivity index (χ0v) is 33.9. The number of hydrogen-bond donors (Lipinski definition) is 4. The van der Waals surface area contributed by atoms with Gasteiger partial charge in [-0.05, 0) is 65.4 Å². The number of urea groups is 1. The van der Waals surface area contributed by atoms with Crippen molar-refractivity contribution in [3.63, 3.8) is 0 Å². The Labute approximate surface area is 326 Å². The maximum Gasteiger partial charge on any atom is 0.315 e. The van der Waals surface area contributed by atoms with Gasteiger partial charge in [0.1, 0.15) is 12.1 Å². The molecular weight excluding hydrogens is 721 g/mol. The number of rotatable bonds is 14. The molecule has 3 saturated carbocycles. The maximum atomic E-state index is 14.7. The third-order valence-electron chi connectivity index (χ3n) is 13.1. The molecule has 0 radical (unpaired) electrons. The topological polar surface area (TPSA) is 174 Å². The Morgan fingerprint density at radius 2 is 1.65 bits per heavy atom. The minimum atomic E-state index is -3.72. The van der Waals surface area contributed by atoms with E-state index in [0.29, 0.717) is 17.9 Å². The lowest BCUT2D eigenvalue weighted by molar-refractivity contribution is -0.145. The molecule has 4 fully saturated rings. The molecule has 5 amide bonds. The van der Waals surface area contributed by atoms with Crippen molar-refractivity contribution >= 4 is 39.6 Å². The van der Waals surface area contributed by atoms with Gasteiger partial charge in [-0.1, -0.05) is 97.4 Å². The first-order valence-electron chi connectivity index (χ1n) is 20.1. The van der Waals surface area contributed by atoms with Crippen molar-refractivity contribution in [3.05, 3.63) is 42.5 Å². The van der Waals surface area contributed by atoms with E-state index >= 15 is 0 Å². The average molecular weight is 781 g/mol. The predicted molar refractivity (Wildman–Crippen MR) is 208 cm³/mol. The summed E-state index contributed by atoms with van der Waals surface area (Å²) in [5.74, 6) is -2.17. The van der Waals surface area contributed by atoms with E-state index in [-0.39, 0.29) is 48.7 Å². The minimum Gasteiger partial charge on any atom is -0.346 e. The van der Waals surface area contributed by atoms with Gasteiger partial charge in [0.25, 0.3) is 5.91 Å². The molecule has 2 heterocycles. The standard InChI is InChI=1S/C41H60N6O7S/c1-7-20-42-37(50)34(48)29(21-25-14-13-15-25)43-36(49)33-32-28(41(32,5)6)23-47(33)38(51)35(40(2,3)4)45-39(52)44-30(26-16-9-8-10-17-26)24-46-22-27-18-11-12-19-31(27)55(46,53)54/h7,11-12,18-19,25-26,28-30,32-33,35H,1,8-10,13-17,20-24H2,2-6H3,(H,42,50)(H,43,49)(H2,44,45,52)/t28-,29?,30+,32-,33?,35+/m0/s1. The molecule has 6 atom stereocenters. The highest BCUT2D eigenvalue weighted by atomic mass is 32.2. The van der Waals surface area contributed by atoms with Crippen LogP contribution in [0.4, 0.5) is 4.79 Å². The molecule has 1 saturated heterocycles. The van der Waals surface area contributed by atoms with Crippen LogP contribution < -0.4 is 21.3 Å². The lowest BCUT2D eigenvalue weighted by Crippen LogP contribution is -2.62. The summed E-state index contributed by atoms with van der Waals surface area (Å²) in [6.07, 6.45) is 9.49. The van der Waals surface area contributed by atoms with Gasteiger partial charge in [0.05, 0.1) is 10.9 Å². The zero-order chi connectivity index (χ0) is 39.9. The number of amides is 5. The van der Waals surface area contributed by atoms with Crippen LogP contribution in [0.1, 0.15) is 98.0 Å². The molecule has 5 aliphatic rings. The van der Waals surface area contributed by atoms with Crippen LogP contribution in [0.3, 0.4) is 0 Å². The van der Waals surface area contributed by atoms with E-state index in [1.54, 1.807) is 17.0 Å². The molecule has 0 aromatic heterocycles. The third-order valence-corrected chi connectivity index (χ3v) is 15.0. The number of carbonyl (C=O) groups is 5. The summed E-state index contributed by atoms with van der Waals surface area (Å²) >= 11 is 0. The van der Waals surface area contributed by atoms with Crippen molar-refractivity contribution in [2.24, 2.45) is 34.5 Å². The summed E-state index contributed by atoms with van der Waals surface area (Å²) in [7, 11) is -3.72. The summed E-state index contributed by atoms with van der Waals surface area (Å²) in [6.45, 7) is 14.1. The molecule has 1 aromatic carbocycles. The fourth-order valence-electron chi connectivity index (χ4n) is 9.46. The number of piperidine rings is 1. The molecule has 0 spiro atoms. The van der Waals surface area contributed by atoms with Crippen LogP contribution in [0.25, 0.3) is 0 Å². The molecule has 6 rings (SSSR count). The van der Waals surface area contributed by atoms with Crippen LogP contribution in [-0.4, -0.2) is 91.0 Å². The normalized spacial score (nSPS) is 26.0. The quantitative estimate of drug-likeness (QED) is 0.164. The largest absolute Gasteiger partial charge is 0.346 e. The van der Waals surface area contributed by atoms with Crippen molar-refractivity contribution in [1.82, 2.24) is 30.5 Å². The Kier molecular flexibility index (Phi) is 11.9. The summed E-state index contributed by atoms with van der Waals surface area (Å²) in [5.41, 5.74) is -0.240. The second kappa shape index (κ2) is 16.0. The van der Waals surface area contributed by atoms with Crippen LogP contribution in [-0.2, 0) is 35.7 Å². The lowest BCUT2D eigenvalue weighted by atomic mass is 9.80. The highest BCUT2D eigenvalue weighted by Gasteiger charge is 2.70. The first kappa shape index (κ1) is 40.9. The third kappa shape index (κ3) is 8.50. The van der Waals surface area contributed by atoms with E-state index in [1.807, 2.05) is 32.9 Å². The number of Topliss-reactive ketones (excluding diaryl/α,β-unsaturated/α-hetero) is 1. The van der Waals surface area contributed by atoms with Crippen molar-refractivity contribution in [3.8, 4) is 0 Å². The smallest absolute Gasteiger partial charge is 0.315 e. The van der Waals surface area contributed by atoms with E-state index < -0.39 is 69.1 Å². The number of ketones is 1. The molecule has 0 bridgehead atoms. The number of sulfonamides is 1. The summed E-state index contributed by atoms with van der Waals surface area (Å²) < 4.78 is 28.5. The number of benzene rings is 1. The molecule has 13 nitrogen and oxygen atoms in total. The molecule has 2 unspecified atom stereocenters. The molecule has 14 heteroatoms. The fraction of sp³-hybridized carbons (Fsp3) is 0.683. The Bertz CT molecular complexity index is 1780. The highest BCUT2D eigenvalue weighted by Crippen LogP contribution is 2.65. The first-order chi connectivity index (χ1) is 25.9. The van der Waals surface area contributed by atoms with Crippen molar-refractivity contribution < 1.29 is 32.4 Å². The molecule has 3 aliphatic carbocycles. The Hall–Kier alpha value is -3.78. The summed E-state index contributed by atoms with van der Waals surface area (Å²) in [6, 6.07) is 2.99.